The maximum Gasteiger partial charge on any atom is 0.323 e. The van der Waals surface area contributed by atoms with E-state index in [1.165, 1.54) is 0 Å². The number of aryl methyl sites for hydroxylation is 2. The third kappa shape index (κ3) is 6.49. The van der Waals surface area contributed by atoms with Crippen LogP contribution >= 0.6 is 0 Å². The zero-order valence-corrected chi connectivity index (χ0v) is 20.6. The normalized spacial score (nSPS) is 13.7. The van der Waals surface area contributed by atoms with E-state index in [0.29, 0.717) is 49.7 Å². The number of anilines is 3. The summed E-state index contributed by atoms with van der Waals surface area (Å²) < 4.78 is 0. The molecule has 186 valence electrons. The summed E-state index contributed by atoms with van der Waals surface area (Å²) in [6, 6.07) is 21.6. The molecule has 1 fully saturated rings. The first-order valence-corrected chi connectivity index (χ1v) is 12.0. The number of hydrogen-bond donors (Lipinski definition) is 3. The number of carbonyl (C=O) groups excluding carboxylic acids is 3. The first-order valence-electron chi connectivity index (χ1n) is 12.0. The second-order valence-corrected chi connectivity index (χ2v) is 8.91. The van der Waals surface area contributed by atoms with Crippen LogP contribution in [0, 0.1) is 13.8 Å². The summed E-state index contributed by atoms with van der Waals surface area (Å²) in [5, 5.41) is 8.54. The summed E-state index contributed by atoms with van der Waals surface area (Å²) >= 11 is 0. The molecule has 0 saturated carbocycles. The van der Waals surface area contributed by atoms with Crippen LogP contribution in [0.1, 0.15) is 21.5 Å². The number of para-hydroxylation sites is 2. The highest BCUT2D eigenvalue weighted by molar-refractivity contribution is 6.00. The van der Waals surface area contributed by atoms with E-state index < -0.39 is 0 Å². The number of amides is 4. The van der Waals surface area contributed by atoms with Gasteiger partial charge in [0.25, 0.3) is 5.91 Å². The average Bonchev–Trinajstić information content (AvgIpc) is 2.87. The molecular formula is C28H31N5O3. The lowest BCUT2D eigenvalue weighted by molar-refractivity contribution is -0.117. The molecule has 1 aliphatic heterocycles. The monoisotopic (exact) mass is 485 g/mol. The molecule has 0 spiro atoms. The topological polar surface area (TPSA) is 93.8 Å². The number of carbonyl (C=O) groups is 3. The zero-order valence-electron chi connectivity index (χ0n) is 20.6. The van der Waals surface area contributed by atoms with Gasteiger partial charge in [-0.15, -0.1) is 0 Å². The molecule has 0 atom stereocenters. The van der Waals surface area contributed by atoms with Gasteiger partial charge in [-0.1, -0.05) is 36.4 Å². The van der Waals surface area contributed by atoms with Gasteiger partial charge in [0.15, 0.2) is 0 Å². The van der Waals surface area contributed by atoms with Crippen molar-refractivity contribution in [3.8, 4) is 0 Å². The fraction of sp³-hybridized carbons (Fsp3) is 0.250. The molecule has 0 unspecified atom stereocenters. The minimum absolute atomic E-state index is 0.0495. The minimum atomic E-state index is -0.349. The lowest BCUT2D eigenvalue weighted by Crippen LogP contribution is -2.50. The van der Waals surface area contributed by atoms with Gasteiger partial charge in [-0.3, -0.25) is 14.5 Å². The highest BCUT2D eigenvalue weighted by atomic mass is 16.2. The number of urea groups is 1. The molecule has 4 rings (SSSR count). The van der Waals surface area contributed by atoms with E-state index in [4.69, 9.17) is 0 Å². The Balaban J connectivity index is 1.24. The van der Waals surface area contributed by atoms with Crippen molar-refractivity contribution in [3.05, 3.63) is 89.5 Å². The Morgan fingerprint density at radius 2 is 1.28 bits per heavy atom. The minimum Gasteiger partial charge on any atom is -0.336 e. The smallest absolute Gasteiger partial charge is 0.323 e. The molecule has 1 saturated heterocycles. The standard InChI is InChI=1S/C28H31N5O3/c1-20-7-6-8-21(2)26(20)31-25(34)19-32-15-17-33(18-16-32)27(35)22-11-13-24(14-12-22)30-28(36)29-23-9-4-3-5-10-23/h3-14H,15-19H2,1-2H3,(H,31,34)(H2,29,30,36). The van der Waals surface area contributed by atoms with E-state index in [1.807, 2.05) is 50.2 Å². The molecule has 1 heterocycles. The molecule has 0 bridgehead atoms. The maximum absolute atomic E-state index is 12.9. The number of piperazine rings is 1. The van der Waals surface area contributed by atoms with Crippen molar-refractivity contribution in [2.24, 2.45) is 0 Å². The number of benzene rings is 3. The van der Waals surface area contributed by atoms with Crippen molar-refractivity contribution >= 4 is 34.9 Å². The molecule has 8 heteroatoms. The van der Waals surface area contributed by atoms with E-state index >= 15 is 0 Å². The second kappa shape index (κ2) is 11.5. The van der Waals surface area contributed by atoms with E-state index in [0.717, 1.165) is 16.8 Å². The van der Waals surface area contributed by atoms with Crippen molar-refractivity contribution in [1.29, 1.82) is 0 Å². The molecule has 4 amide bonds. The molecular weight excluding hydrogens is 454 g/mol. The third-order valence-electron chi connectivity index (χ3n) is 6.19. The van der Waals surface area contributed by atoms with Crippen molar-refractivity contribution < 1.29 is 14.4 Å². The zero-order chi connectivity index (χ0) is 25.5. The van der Waals surface area contributed by atoms with Crippen molar-refractivity contribution in [2.75, 3.05) is 48.7 Å². The highest BCUT2D eigenvalue weighted by Crippen LogP contribution is 2.19. The van der Waals surface area contributed by atoms with Crippen LogP contribution in [0.2, 0.25) is 0 Å². The van der Waals surface area contributed by atoms with Crippen LogP contribution in [-0.4, -0.2) is 60.4 Å². The Morgan fingerprint density at radius 3 is 1.89 bits per heavy atom. The first kappa shape index (κ1) is 24.9. The lowest BCUT2D eigenvalue weighted by Gasteiger charge is -2.34. The van der Waals surface area contributed by atoms with Crippen LogP contribution < -0.4 is 16.0 Å². The molecule has 3 aromatic rings. The second-order valence-electron chi connectivity index (χ2n) is 8.91. The number of hydrogen-bond acceptors (Lipinski definition) is 4. The van der Waals surface area contributed by atoms with Gasteiger partial charge in [0, 0.05) is 48.8 Å². The highest BCUT2D eigenvalue weighted by Gasteiger charge is 2.23. The SMILES string of the molecule is Cc1cccc(C)c1NC(=O)CN1CCN(C(=O)c2ccc(NC(=O)Nc3ccccc3)cc2)CC1. The van der Waals surface area contributed by atoms with Crippen LogP contribution in [-0.2, 0) is 4.79 Å². The Kier molecular flexibility index (Phi) is 7.97. The quantitative estimate of drug-likeness (QED) is 0.484. The Bertz CT molecular complexity index is 1200. The molecule has 3 N–H and O–H groups in total. The average molecular weight is 486 g/mol. The van der Waals surface area contributed by atoms with Gasteiger partial charge in [0.2, 0.25) is 5.91 Å². The van der Waals surface area contributed by atoms with Gasteiger partial charge in [0.05, 0.1) is 6.54 Å². The Morgan fingerprint density at radius 1 is 0.694 bits per heavy atom. The number of rotatable bonds is 6. The van der Waals surface area contributed by atoms with E-state index in [1.54, 1.807) is 41.3 Å². The van der Waals surface area contributed by atoms with Crippen LogP contribution in [0.3, 0.4) is 0 Å². The van der Waals surface area contributed by atoms with Crippen LogP contribution in [0.25, 0.3) is 0 Å². The molecule has 3 aromatic carbocycles. The summed E-state index contributed by atoms with van der Waals surface area (Å²) in [6.45, 7) is 6.62. The molecule has 0 radical (unpaired) electrons. The molecule has 1 aliphatic rings. The van der Waals surface area contributed by atoms with Crippen molar-refractivity contribution in [1.82, 2.24) is 9.80 Å². The Labute approximate surface area is 211 Å². The molecule has 0 aromatic heterocycles. The lowest BCUT2D eigenvalue weighted by atomic mass is 10.1. The van der Waals surface area contributed by atoms with E-state index in [2.05, 4.69) is 20.9 Å². The summed E-state index contributed by atoms with van der Waals surface area (Å²) in [5.41, 5.74) is 4.80. The maximum atomic E-state index is 12.9. The molecule has 0 aliphatic carbocycles. The molecule has 36 heavy (non-hydrogen) atoms. The first-order chi connectivity index (χ1) is 17.4. The number of nitrogens with one attached hydrogen (secondary N) is 3. The van der Waals surface area contributed by atoms with Crippen LogP contribution in [0.4, 0.5) is 21.9 Å². The predicted octanol–water partition coefficient (Wildman–Crippen LogP) is 4.34. The summed E-state index contributed by atoms with van der Waals surface area (Å²) in [6.07, 6.45) is 0. The third-order valence-corrected chi connectivity index (χ3v) is 6.19. The fourth-order valence-electron chi connectivity index (χ4n) is 4.20. The van der Waals surface area contributed by atoms with Crippen molar-refractivity contribution in [3.63, 3.8) is 0 Å². The van der Waals surface area contributed by atoms with E-state index in [-0.39, 0.29) is 17.8 Å². The largest absolute Gasteiger partial charge is 0.336 e. The fourth-order valence-corrected chi connectivity index (χ4v) is 4.20. The summed E-state index contributed by atoms with van der Waals surface area (Å²) in [4.78, 5) is 41.5. The van der Waals surface area contributed by atoms with Crippen LogP contribution in [0.15, 0.2) is 72.8 Å². The van der Waals surface area contributed by atoms with Crippen molar-refractivity contribution in [2.45, 2.75) is 13.8 Å². The van der Waals surface area contributed by atoms with Gasteiger partial charge in [0.1, 0.15) is 0 Å². The van der Waals surface area contributed by atoms with E-state index in [9.17, 15) is 14.4 Å². The van der Waals surface area contributed by atoms with Gasteiger partial charge in [-0.2, -0.15) is 0 Å². The van der Waals surface area contributed by atoms with Gasteiger partial charge in [-0.05, 0) is 61.4 Å². The van der Waals surface area contributed by atoms with Gasteiger partial charge < -0.3 is 20.9 Å². The summed E-state index contributed by atoms with van der Waals surface area (Å²) in [7, 11) is 0. The molecule has 8 nitrogen and oxygen atoms in total. The van der Waals surface area contributed by atoms with Gasteiger partial charge in [-0.25, -0.2) is 4.79 Å². The van der Waals surface area contributed by atoms with Crippen LogP contribution in [0.5, 0.6) is 0 Å². The number of nitrogens with zero attached hydrogens (tertiary/aromatic N) is 2. The predicted molar refractivity (Wildman–Crippen MR) is 142 cm³/mol. The Hall–Kier alpha value is -4.17. The van der Waals surface area contributed by atoms with Gasteiger partial charge >= 0.3 is 6.03 Å². The summed E-state index contributed by atoms with van der Waals surface area (Å²) in [5.74, 6) is -0.110.